The molecule has 0 unspecified atom stereocenters. The second-order valence-corrected chi connectivity index (χ2v) is 6.10. The highest BCUT2D eigenvalue weighted by Crippen LogP contribution is 2.36. The van der Waals surface area contributed by atoms with Crippen molar-refractivity contribution in [1.82, 2.24) is 4.31 Å². The minimum Gasteiger partial charge on any atom is -0.496 e. The van der Waals surface area contributed by atoms with E-state index in [1.165, 1.54) is 31.4 Å². The first kappa shape index (κ1) is 14.1. The Bertz CT molecular complexity index is 744. The maximum Gasteiger partial charge on any atom is 0.273 e. The van der Waals surface area contributed by atoms with E-state index >= 15 is 0 Å². The molecule has 20 heavy (non-hydrogen) atoms. The number of hydrogen-bond acceptors (Lipinski definition) is 5. The molecule has 0 atom stereocenters. The topological polar surface area (TPSA) is 87.5 Å². The number of amides is 1. The Morgan fingerprint density at radius 2 is 2.20 bits per heavy atom. The molecule has 7 heteroatoms. The van der Waals surface area contributed by atoms with Crippen LogP contribution in [-0.2, 0) is 10.0 Å². The predicted octanol–water partition coefficient (Wildman–Crippen LogP) is 1.31. The van der Waals surface area contributed by atoms with Crippen LogP contribution in [0.3, 0.4) is 0 Å². The Balaban J connectivity index is 2.55. The number of sulfonamides is 1. The van der Waals surface area contributed by atoms with Gasteiger partial charge in [-0.25, -0.2) is 12.7 Å². The molecule has 1 aliphatic heterocycles. The van der Waals surface area contributed by atoms with Gasteiger partial charge in [0.2, 0.25) is 0 Å². The number of hydrogen-bond donors (Lipinski definition) is 0. The van der Waals surface area contributed by atoms with Crippen molar-refractivity contribution in [3.05, 3.63) is 35.4 Å². The van der Waals surface area contributed by atoms with Crippen molar-refractivity contribution >= 4 is 15.9 Å². The Morgan fingerprint density at radius 1 is 1.50 bits per heavy atom. The van der Waals surface area contributed by atoms with E-state index in [1.54, 1.807) is 6.92 Å². The molecule has 2 rings (SSSR count). The molecular formula is C13H12N2O4S. The normalized spacial score (nSPS) is 16.8. The number of methoxy groups -OCH3 is 1. The predicted molar refractivity (Wildman–Crippen MR) is 70.6 cm³/mol. The lowest BCUT2D eigenvalue weighted by molar-refractivity contribution is 0.0875. The number of fused-ring (bicyclic) bond motifs is 1. The molecular weight excluding hydrogens is 280 g/mol. The molecule has 0 saturated heterocycles. The van der Waals surface area contributed by atoms with Gasteiger partial charge in [-0.15, -0.1) is 0 Å². The smallest absolute Gasteiger partial charge is 0.273 e. The second kappa shape index (κ2) is 4.98. The van der Waals surface area contributed by atoms with Gasteiger partial charge in [0.05, 0.1) is 19.7 Å². The van der Waals surface area contributed by atoms with Gasteiger partial charge in [0.25, 0.3) is 15.9 Å². The van der Waals surface area contributed by atoms with Crippen molar-refractivity contribution in [1.29, 1.82) is 5.26 Å². The van der Waals surface area contributed by atoms with E-state index in [0.29, 0.717) is 5.57 Å². The third kappa shape index (κ3) is 2.04. The van der Waals surface area contributed by atoms with Crippen LogP contribution in [0.4, 0.5) is 0 Å². The number of ether oxygens (including phenoxy) is 1. The maximum absolute atomic E-state index is 12.3. The molecule has 1 aromatic carbocycles. The van der Waals surface area contributed by atoms with E-state index in [4.69, 9.17) is 10.00 Å². The average Bonchev–Trinajstić information content (AvgIpc) is 2.60. The largest absolute Gasteiger partial charge is 0.496 e. The summed E-state index contributed by atoms with van der Waals surface area (Å²) in [6, 6.07) is 6.23. The Morgan fingerprint density at radius 3 is 2.80 bits per heavy atom. The molecule has 0 bridgehead atoms. The highest BCUT2D eigenvalue weighted by molar-refractivity contribution is 7.90. The third-order valence-electron chi connectivity index (χ3n) is 2.92. The first-order chi connectivity index (χ1) is 9.43. The summed E-state index contributed by atoms with van der Waals surface area (Å²) < 4.78 is 30.5. The molecule has 0 saturated carbocycles. The zero-order valence-electron chi connectivity index (χ0n) is 11.0. The number of allylic oxidation sites excluding steroid dienone is 1. The zero-order valence-corrected chi connectivity index (χ0v) is 11.8. The van der Waals surface area contributed by atoms with Gasteiger partial charge >= 0.3 is 0 Å². The fourth-order valence-corrected chi connectivity index (χ4v) is 3.62. The number of nitriles is 1. The van der Waals surface area contributed by atoms with Gasteiger partial charge in [-0.05, 0) is 24.6 Å². The summed E-state index contributed by atoms with van der Waals surface area (Å²) in [5, 5.41) is 8.56. The SMILES string of the molecule is COc1cccc2c1C(=O)N(CC(C)=CC#N)S2(=O)=O. The van der Waals surface area contributed by atoms with E-state index < -0.39 is 15.9 Å². The minimum atomic E-state index is -3.89. The van der Waals surface area contributed by atoms with Crippen LogP contribution in [-0.4, -0.2) is 32.3 Å². The van der Waals surface area contributed by atoms with Crippen LogP contribution in [0.1, 0.15) is 17.3 Å². The fraction of sp³-hybridized carbons (Fsp3) is 0.231. The molecule has 1 aliphatic rings. The lowest BCUT2D eigenvalue weighted by atomic mass is 10.2. The summed E-state index contributed by atoms with van der Waals surface area (Å²) in [4.78, 5) is 12.2. The van der Waals surface area contributed by atoms with Crippen LogP contribution in [0.2, 0.25) is 0 Å². The fourth-order valence-electron chi connectivity index (χ4n) is 2.00. The van der Waals surface area contributed by atoms with Crippen molar-refractivity contribution in [2.24, 2.45) is 0 Å². The monoisotopic (exact) mass is 292 g/mol. The molecule has 104 valence electrons. The summed E-state index contributed by atoms with van der Waals surface area (Å²) in [5.74, 6) is -0.413. The molecule has 1 heterocycles. The molecule has 0 spiro atoms. The molecule has 0 N–H and O–H groups in total. The summed E-state index contributed by atoms with van der Waals surface area (Å²) >= 11 is 0. The summed E-state index contributed by atoms with van der Waals surface area (Å²) in [7, 11) is -2.51. The van der Waals surface area contributed by atoms with E-state index in [-0.39, 0.29) is 22.8 Å². The Kier molecular flexibility index (Phi) is 3.51. The Labute approximate surface area is 116 Å². The van der Waals surface area contributed by atoms with Gasteiger partial charge < -0.3 is 4.74 Å². The van der Waals surface area contributed by atoms with Crippen LogP contribution in [0, 0.1) is 11.3 Å². The molecule has 6 nitrogen and oxygen atoms in total. The van der Waals surface area contributed by atoms with Crippen LogP contribution in [0.15, 0.2) is 34.7 Å². The Hall–Kier alpha value is -2.33. The lowest BCUT2D eigenvalue weighted by Crippen LogP contribution is -2.31. The van der Waals surface area contributed by atoms with E-state index in [2.05, 4.69) is 0 Å². The van der Waals surface area contributed by atoms with Crippen LogP contribution in [0.25, 0.3) is 0 Å². The van der Waals surface area contributed by atoms with Crippen molar-refractivity contribution in [2.45, 2.75) is 11.8 Å². The molecule has 0 fully saturated rings. The highest BCUT2D eigenvalue weighted by Gasteiger charge is 2.43. The van der Waals surface area contributed by atoms with Gasteiger partial charge in [0, 0.05) is 6.08 Å². The quantitative estimate of drug-likeness (QED) is 0.784. The number of nitrogens with zero attached hydrogens (tertiary/aromatic N) is 2. The number of benzene rings is 1. The van der Waals surface area contributed by atoms with Crippen molar-refractivity contribution in [2.75, 3.05) is 13.7 Å². The first-order valence-corrected chi connectivity index (χ1v) is 7.16. The zero-order chi connectivity index (χ0) is 14.9. The highest BCUT2D eigenvalue weighted by atomic mass is 32.2. The number of rotatable bonds is 3. The van der Waals surface area contributed by atoms with Crippen LogP contribution < -0.4 is 4.74 Å². The lowest BCUT2D eigenvalue weighted by Gasteiger charge is -2.14. The minimum absolute atomic E-state index is 0.0414. The first-order valence-electron chi connectivity index (χ1n) is 5.72. The van der Waals surface area contributed by atoms with Gasteiger partial charge in [-0.1, -0.05) is 6.07 Å². The van der Waals surface area contributed by atoms with Crippen molar-refractivity contribution in [3.63, 3.8) is 0 Å². The molecule has 0 aromatic heterocycles. The molecule has 0 radical (unpaired) electrons. The molecule has 0 aliphatic carbocycles. The van der Waals surface area contributed by atoms with Crippen LogP contribution >= 0.6 is 0 Å². The van der Waals surface area contributed by atoms with E-state index in [1.807, 2.05) is 6.07 Å². The summed E-state index contributed by atoms with van der Waals surface area (Å²) in [6.45, 7) is 1.44. The molecule has 1 aromatic rings. The number of carbonyl (C=O) groups is 1. The van der Waals surface area contributed by atoms with E-state index in [0.717, 1.165) is 4.31 Å². The summed E-state index contributed by atoms with van der Waals surface area (Å²) in [6.07, 6.45) is 1.21. The number of carbonyl (C=O) groups excluding carboxylic acids is 1. The standard InChI is InChI=1S/C13H12N2O4S/c1-9(6-7-14)8-15-13(16)12-10(19-2)4-3-5-11(12)20(15,17)18/h3-6H,8H2,1-2H3. The van der Waals surface area contributed by atoms with Gasteiger partial charge in [0.15, 0.2) is 0 Å². The van der Waals surface area contributed by atoms with Gasteiger partial charge in [-0.2, -0.15) is 5.26 Å². The van der Waals surface area contributed by atoms with Gasteiger partial charge in [-0.3, -0.25) is 4.79 Å². The van der Waals surface area contributed by atoms with E-state index in [9.17, 15) is 13.2 Å². The van der Waals surface area contributed by atoms with Crippen molar-refractivity contribution in [3.8, 4) is 11.8 Å². The average molecular weight is 292 g/mol. The summed E-state index contributed by atoms with van der Waals surface area (Å²) in [5.41, 5.74) is 0.524. The van der Waals surface area contributed by atoms with Gasteiger partial charge in [0.1, 0.15) is 16.2 Å². The maximum atomic E-state index is 12.3. The molecule has 1 amide bonds. The second-order valence-electron chi connectivity index (χ2n) is 4.27. The van der Waals surface area contributed by atoms with Crippen molar-refractivity contribution < 1.29 is 17.9 Å². The third-order valence-corrected chi connectivity index (χ3v) is 4.69. The van der Waals surface area contributed by atoms with Crippen LogP contribution in [0.5, 0.6) is 5.75 Å².